The number of carbonyl (C=O) groups excluding carboxylic acids is 1. The number of benzene rings is 1. The maximum absolute atomic E-state index is 11.7. The number of halogens is 3. The van der Waals surface area contributed by atoms with Gasteiger partial charge in [-0.2, -0.15) is 13.2 Å². The van der Waals surface area contributed by atoms with E-state index in [1.165, 1.54) is 12.1 Å². The Kier molecular flexibility index (Phi) is 3.91. The Morgan fingerprint density at radius 2 is 1.88 bits per heavy atom. The van der Waals surface area contributed by atoms with Crippen molar-refractivity contribution in [2.24, 2.45) is 0 Å². The molecular weight excluding hydrogens is 226 g/mol. The molecule has 0 aliphatic rings. The van der Waals surface area contributed by atoms with Crippen LogP contribution in [0.2, 0.25) is 0 Å². The van der Waals surface area contributed by atoms with E-state index in [0.29, 0.717) is 0 Å². The van der Waals surface area contributed by atoms with Crippen LogP contribution in [0.25, 0.3) is 0 Å². The van der Waals surface area contributed by atoms with Crippen molar-refractivity contribution in [1.29, 1.82) is 0 Å². The van der Waals surface area contributed by atoms with Crippen LogP contribution in [0.15, 0.2) is 30.3 Å². The van der Waals surface area contributed by atoms with E-state index in [2.05, 4.69) is 4.76 Å². The third-order valence-electron chi connectivity index (χ3n) is 1.61. The average molecular weight is 233 g/mol. The number of amides is 1. The van der Waals surface area contributed by atoms with Gasteiger partial charge in [-0.3, -0.25) is 9.55 Å². The molecular formula is C8H7BF3NO3. The first-order valence-corrected chi connectivity index (χ1v) is 4.17. The SMILES string of the molecule is O=C(NOB(O)c1ccccc1)C(F)(F)F. The summed E-state index contributed by atoms with van der Waals surface area (Å²) < 4.78 is 39.3. The first kappa shape index (κ1) is 12.5. The molecule has 1 aromatic rings. The first-order chi connectivity index (χ1) is 7.41. The van der Waals surface area contributed by atoms with Gasteiger partial charge in [0.2, 0.25) is 0 Å². The lowest BCUT2D eigenvalue weighted by Gasteiger charge is -2.10. The van der Waals surface area contributed by atoms with Gasteiger partial charge in [0.15, 0.2) is 0 Å². The fraction of sp³-hybridized carbons (Fsp3) is 0.125. The van der Waals surface area contributed by atoms with E-state index in [9.17, 15) is 23.0 Å². The molecule has 86 valence electrons. The van der Waals surface area contributed by atoms with E-state index in [1.807, 2.05) is 0 Å². The lowest BCUT2D eigenvalue weighted by atomic mass is 9.80. The molecule has 16 heavy (non-hydrogen) atoms. The topological polar surface area (TPSA) is 58.6 Å². The van der Waals surface area contributed by atoms with Gasteiger partial charge in [-0.05, 0) is 5.46 Å². The monoisotopic (exact) mass is 233 g/mol. The predicted octanol–water partition coefficient (Wildman–Crippen LogP) is -0.0158. The van der Waals surface area contributed by atoms with Crippen LogP contribution in [0.4, 0.5) is 13.2 Å². The van der Waals surface area contributed by atoms with Crippen molar-refractivity contribution >= 4 is 18.5 Å². The largest absolute Gasteiger partial charge is 0.514 e. The average Bonchev–Trinajstić information content (AvgIpc) is 2.25. The van der Waals surface area contributed by atoms with Crippen molar-refractivity contribution in [3.05, 3.63) is 30.3 Å². The molecule has 0 atom stereocenters. The fourth-order valence-electron chi connectivity index (χ4n) is 0.853. The lowest BCUT2D eigenvalue weighted by molar-refractivity contribution is -0.181. The molecule has 0 aliphatic carbocycles. The third kappa shape index (κ3) is 3.56. The Morgan fingerprint density at radius 3 is 2.38 bits per heavy atom. The normalized spacial score (nSPS) is 11.0. The Balaban J connectivity index is 2.48. The van der Waals surface area contributed by atoms with Crippen LogP contribution in [0.1, 0.15) is 0 Å². The minimum atomic E-state index is -5.05. The van der Waals surface area contributed by atoms with Crippen molar-refractivity contribution in [3.63, 3.8) is 0 Å². The van der Waals surface area contributed by atoms with Crippen LogP contribution in [-0.4, -0.2) is 24.2 Å². The number of alkyl halides is 3. The second-order valence-corrected chi connectivity index (χ2v) is 2.81. The number of hydroxylamine groups is 1. The minimum absolute atomic E-state index is 0.227. The van der Waals surface area contributed by atoms with Gasteiger partial charge < -0.3 is 5.02 Å². The number of carbonyl (C=O) groups is 1. The smallest absolute Gasteiger partial charge is 0.422 e. The van der Waals surface area contributed by atoms with Crippen LogP contribution < -0.4 is 10.9 Å². The summed E-state index contributed by atoms with van der Waals surface area (Å²) in [5.74, 6) is -2.28. The van der Waals surface area contributed by atoms with E-state index >= 15 is 0 Å². The molecule has 0 unspecified atom stereocenters. The second-order valence-electron chi connectivity index (χ2n) is 2.81. The highest BCUT2D eigenvalue weighted by molar-refractivity contribution is 6.59. The van der Waals surface area contributed by atoms with Crippen molar-refractivity contribution < 1.29 is 27.7 Å². The molecule has 0 heterocycles. The molecule has 0 spiro atoms. The van der Waals surface area contributed by atoms with Gasteiger partial charge in [-0.1, -0.05) is 30.3 Å². The molecule has 0 fully saturated rings. The van der Waals surface area contributed by atoms with Gasteiger partial charge in [0, 0.05) is 0 Å². The fourth-order valence-corrected chi connectivity index (χ4v) is 0.853. The summed E-state index contributed by atoms with van der Waals surface area (Å²) >= 11 is 0. The zero-order valence-corrected chi connectivity index (χ0v) is 7.86. The molecule has 0 radical (unpaired) electrons. The van der Waals surface area contributed by atoms with Crippen molar-refractivity contribution in [2.75, 3.05) is 0 Å². The molecule has 8 heteroatoms. The van der Waals surface area contributed by atoms with Crippen LogP contribution in [0, 0.1) is 0 Å². The van der Waals surface area contributed by atoms with Gasteiger partial charge in [0.25, 0.3) is 0 Å². The van der Waals surface area contributed by atoms with E-state index in [-0.39, 0.29) is 5.46 Å². The molecule has 1 amide bonds. The molecule has 4 nitrogen and oxygen atoms in total. The summed E-state index contributed by atoms with van der Waals surface area (Å²) in [4.78, 5) is 10.3. The van der Waals surface area contributed by atoms with Gasteiger partial charge in [-0.25, -0.2) is 5.48 Å². The summed E-state index contributed by atoms with van der Waals surface area (Å²) in [7, 11) is -1.65. The quantitative estimate of drug-likeness (QED) is 0.569. The molecule has 2 N–H and O–H groups in total. The maximum Gasteiger partial charge on any atom is 0.514 e. The number of rotatable bonds is 3. The Labute approximate surface area is 89.1 Å². The highest BCUT2D eigenvalue weighted by Gasteiger charge is 2.39. The van der Waals surface area contributed by atoms with Crippen LogP contribution in [-0.2, 0) is 9.55 Å². The highest BCUT2D eigenvalue weighted by atomic mass is 19.4. The Morgan fingerprint density at radius 1 is 1.31 bits per heavy atom. The lowest BCUT2D eigenvalue weighted by Crippen LogP contribution is -2.45. The van der Waals surface area contributed by atoms with E-state index in [0.717, 1.165) is 5.48 Å². The zero-order chi connectivity index (χ0) is 12.2. The Hall–Kier alpha value is -1.54. The van der Waals surface area contributed by atoms with Gasteiger partial charge >= 0.3 is 19.2 Å². The molecule has 0 aliphatic heterocycles. The van der Waals surface area contributed by atoms with Gasteiger partial charge in [0.05, 0.1) is 0 Å². The summed E-state index contributed by atoms with van der Waals surface area (Å²) in [5, 5.41) is 9.23. The van der Waals surface area contributed by atoms with Crippen LogP contribution >= 0.6 is 0 Å². The first-order valence-electron chi connectivity index (χ1n) is 4.17. The molecule has 0 saturated carbocycles. The Bertz CT molecular complexity index is 357. The van der Waals surface area contributed by atoms with E-state index < -0.39 is 19.2 Å². The van der Waals surface area contributed by atoms with Gasteiger partial charge in [-0.15, -0.1) is 0 Å². The molecule has 1 rings (SSSR count). The predicted molar refractivity (Wildman–Crippen MR) is 49.3 cm³/mol. The summed E-state index contributed by atoms with van der Waals surface area (Å²) in [6.07, 6.45) is -5.05. The number of hydrogen-bond donors (Lipinski definition) is 2. The van der Waals surface area contributed by atoms with Crippen LogP contribution in [0.5, 0.6) is 0 Å². The van der Waals surface area contributed by atoms with E-state index in [4.69, 9.17) is 0 Å². The van der Waals surface area contributed by atoms with Gasteiger partial charge in [0.1, 0.15) is 0 Å². The number of hydrogen-bond acceptors (Lipinski definition) is 3. The minimum Gasteiger partial charge on any atom is -0.422 e. The summed E-state index contributed by atoms with van der Waals surface area (Å²) in [6.45, 7) is 0. The maximum atomic E-state index is 11.7. The van der Waals surface area contributed by atoms with Crippen molar-refractivity contribution in [1.82, 2.24) is 5.48 Å². The van der Waals surface area contributed by atoms with Crippen molar-refractivity contribution in [3.8, 4) is 0 Å². The number of nitrogens with one attached hydrogen (secondary N) is 1. The second kappa shape index (κ2) is 5.00. The highest BCUT2D eigenvalue weighted by Crippen LogP contribution is 2.13. The van der Waals surface area contributed by atoms with Crippen LogP contribution in [0.3, 0.4) is 0 Å². The molecule has 0 aromatic heterocycles. The zero-order valence-electron chi connectivity index (χ0n) is 7.86. The summed E-state index contributed by atoms with van der Waals surface area (Å²) in [5.41, 5.74) is 1.33. The standard InChI is InChI=1S/C8H7BF3NO3/c10-8(11,12)7(14)13-16-9(15)6-4-2-1-3-5-6/h1-5,15H,(H,13,14). The van der Waals surface area contributed by atoms with Crippen molar-refractivity contribution in [2.45, 2.75) is 6.18 Å². The summed E-state index contributed by atoms with van der Waals surface area (Å²) in [6, 6.07) is 7.65. The molecule has 1 aromatic carbocycles. The molecule has 0 saturated heterocycles. The molecule has 0 bridgehead atoms. The van der Waals surface area contributed by atoms with E-state index in [1.54, 1.807) is 18.2 Å². The third-order valence-corrected chi connectivity index (χ3v) is 1.61.